The molecule has 3 heterocycles. The van der Waals surface area contributed by atoms with Gasteiger partial charge in [0.15, 0.2) is 5.65 Å². The van der Waals surface area contributed by atoms with Crippen molar-refractivity contribution in [3.05, 3.63) is 46.9 Å². The lowest BCUT2D eigenvalue weighted by Gasteiger charge is -2.37. The van der Waals surface area contributed by atoms with Gasteiger partial charge in [0.2, 0.25) is 0 Å². The number of hydrogen-bond donors (Lipinski definition) is 1. The summed E-state index contributed by atoms with van der Waals surface area (Å²) in [4.78, 5) is 13.5. The molecule has 1 N–H and O–H groups in total. The van der Waals surface area contributed by atoms with Crippen LogP contribution in [-0.4, -0.2) is 65.4 Å². The van der Waals surface area contributed by atoms with Crippen LogP contribution in [0.3, 0.4) is 0 Å². The molecule has 7 nitrogen and oxygen atoms in total. The molecule has 166 valence electrons. The molecule has 0 saturated carbocycles. The second-order valence-corrected chi connectivity index (χ2v) is 8.85. The molecule has 3 aromatic rings. The highest BCUT2D eigenvalue weighted by atomic mass is 35.5. The molecule has 2 aromatic heterocycles. The molecule has 31 heavy (non-hydrogen) atoms. The number of halogens is 1. The van der Waals surface area contributed by atoms with Gasteiger partial charge in [-0.15, -0.1) is 0 Å². The summed E-state index contributed by atoms with van der Waals surface area (Å²) in [7, 11) is 4.14. The van der Waals surface area contributed by atoms with E-state index in [2.05, 4.69) is 63.1 Å². The Morgan fingerprint density at radius 3 is 2.61 bits per heavy atom. The van der Waals surface area contributed by atoms with Crippen molar-refractivity contribution in [1.82, 2.24) is 25.1 Å². The maximum atomic E-state index is 6.41. The number of likely N-dealkylation sites (N-methyl/N-ethyl adjacent to an activating group) is 1. The van der Waals surface area contributed by atoms with Gasteiger partial charge in [0.05, 0.1) is 23.8 Å². The van der Waals surface area contributed by atoms with Crippen LogP contribution in [0.15, 0.2) is 30.6 Å². The van der Waals surface area contributed by atoms with E-state index in [0.717, 1.165) is 66.5 Å². The second kappa shape index (κ2) is 9.94. The minimum absolute atomic E-state index is 0.0740. The Morgan fingerprint density at radius 2 is 1.94 bits per heavy atom. The van der Waals surface area contributed by atoms with E-state index in [1.54, 1.807) is 6.33 Å². The highest BCUT2D eigenvalue weighted by Crippen LogP contribution is 2.36. The molecule has 1 fully saturated rings. The van der Waals surface area contributed by atoms with Crippen LogP contribution in [0.25, 0.3) is 11.0 Å². The quantitative estimate of drug-likeness (QED) is 0.566. The summed E-state index contributed by atoms with van der Waals surface area (Å²) in [5.41, 5.74) is 3.04. The summed E-state index contributed by atoms with van der Waals surface area (Å²) >= 11 is 6.12. The molecular formula is C23H31ClN6O. The van der Waals surface area contributed by atoms with Gasteiger partial charge in [-0.3, -0.25) is 5.10 Å². The number of H-pyrrole nitrogens is 1. The first-order valence-electron chi connectivity index (χ1n) is 11.0. The average molecular weight is 443 g/mol. The molecule has 0 bridgehead atoms. The maximum absolute atomic E-state index is 6.41. The van der Waals surface area contributed by atoms with Gasteiger partial charge in [-0.25, -0.2) is 9.97 Å². The fourth-order valence-electron chi connectivity index (χ4n) is 4.33. The molecule has 8 heteroatoms. The summed E-state index contributed by atoms with van der Waals surface area (Å²) in [5, 5.41) is 9.27. The Hall–Kier alpha value is -2.22. The van der Waals surface area contributed by atoms with Crippen molar-refractivity contribution in [1.29, 1.82) is 0 Å². The SMILES string of the molecule is CCc1n[nH]c2ncnc(N3CCC(C(OCCN(C)C)c4ccc(Cl)cc4)CC3)c12. The van der Waals surface area contributed by atoms with E-state index < -0.39 is 0 Å². The van der Waals surface area contributed by atoms with Crippen molar-refractivity contribution < 1.29 is 4.74 Å². The number of ether oxygens (including phenoxy) is 1. The van der Waals surface area contributed by atoms with Gasteiger partial charge in [-0.05, 0) is 57.0 Å². The van der Waals surface area contributed by atoms with Crippen molar-refractivity contribution in [2.45, 2.75) is 32.3 Å². The number of rotatable bonds is 8. The highest BCUT2D eigenvalue weighted by molar-refractivity contribution is 6.30. The number of anilines is 1. The van der Waals surface area contributed by atoms with E-state index in [-0.39, 0.29) is 6.10 Å². The van der Waals surface area contributed by atoms with Crippen LogP contribution >= 0.6 is 11.6 Å². The number of nitrogens with one attached hydrogen (secondary N) is 1. The first kappa shape index (κ1) is 22.0. The lowest BCUT2D eigenvalue weighted by Crippen LogP contribution is -2.37. The fraction of sp³-hybridized carbons (Fsp3) is 0.522. The third-order valence-corrected chi connectivity index (χ3v) is 6.30. The van der Waals surface area contributed by atoms with E-state index in [4.69, 9.17) is 16.3 Å². The molecule has 0 radical (unpaired) electrons. The van der Waals surface area contributed by atoms with Crippen LogP contribution in [0.5, 0.6) is 0 Å². The van der Waals surface area contributed by atoms with E-state index >= 15 is 0 Å². The first-order chi connectivity index (χ1) is 15.1. The van der Waals surface area contributed by atoms with Gasteiger partial charge in [0.25, 0.3) is 0 Å². The van der Waals surface area contributed by atoms with Crippen LogP contribution in [0.2, 0.25) is 5.02 Å². The second-order valence-electron chi connectivity index (χ2n) is 8.42. The standard InChI is InChI=1S/C23H31ClN6O/c1-4-19-20-22(28-27-19)25-15-26-23(20)30-11-9-17(10-12-30)21(31-14-13-29(2)3)16-5-7-18(24)8-6-16/h5-8,15,17,21H,4,9-14H2,1-3H3,(H,25,26,27,28). The molecule has 1 aliphatic heterocycles. The van der Waals surface area contributed by atoms with Crippen LogP contribution in [0.4, 0.5) is 5.82 Å². The molecule has 0 aliphatic carbocycles. The number of aromatic nitrogens is 4. The Bertz CT molecular complexity index is 981. The topological polar surface area (TPSA) is 70.2 Å². The predicted molar refractivity (Wildman–Crippen MR) is 125 cm³/mol. The number of nitrogens with zero attached hydrogens (tertiary/aromatic N) is 5. The summed E-state index contributed by atoms with van der Waals surface area (Å²) in [6, 6.07) is 8.11. The predicted octanol–water partition coefficient (Wildman–Crippen LogP) is 4.10. The zero-order valence-corrected chi connectivity index (χ0v) is 19.3. The third-order valence-electron chi connectivity index (χ3n) is 6.05. The normalized spacial score (nSPS) is 16.4. The number of hydrogen-bond acceptors (Lipinski definition) is 6. The highest BCUT2D eigenvalue weighted by Gasteiger charge is 2.30. The number of benzene rings is 1. The Kier molecular flexibility index (Phi) is 7.05. The first-order valence-corrected chi connectivity index (χ1v) is 11.4. The van der Waals surface area contributed by atoms with Crippen LogP contribution in [0.1, 0.15) is 37.1 Å². The molecule has 1 aromatic carbocycles. The summed E-state index contributed by atoms with van der Waals surface area (Å²) < 4.78 is 6.41. The van der Waals surface area contributed by atoms with Crippen LogP contribution in [-0.2, 0) is 11.2 Å². The van der Waals surface area contributed by atoms with Gasteiger partial charge in [-0.1, -0.05) is 30.7 Å². The van der Waals surface area contributed by atoms with E-state index in [9.17, 15) is 0 Å². The van der Waals surface area contributed by atoms with E-state index in [1.807, 2.05) is 12.1 Å². The zero-order chi connectivity index (χ0) is 21.8. The molecule has 4 rings (SSSR count). The van der Waals surface area contributed by atoms with Crippen molar-refractivity contribution >= 4 is 28.5 Å². The lowest BCUT2D eigenvalue weighted by molar-refractivity contribution is -0.00305. The molecule has 1 atom stereocenters. The van der Waals surface area contributed by atoms with Crippen molar-refractivity contribution in [3.8, 4) is 0 Å². The van der Waals surface area contributed by atoms with E-state index in [1.165, 1.54) is 5.56 Å². The molecule has 0 spiro atoms. The van der Waals surface area contributed by atoms with E-state index in [0.29, 0.717) is 12.5 Å². The van der Waals surface area contributed by atoms with Gasteiger partial charge in [0, 0.05) is 24.7 Å². The maximum Gasteiger partial charge on any atom is 0.160 e. The van der Waals surface area contributed by atoms with Crippen LogP contribution < -0.4 is 4.90 Å². The van der Waals surface area contributed by atoms with Crippen molar-refractivity contribution in [2.24, 2.45) is 5.92 Å². The number of aryl methyl sites for hydroxylation is 1. The van der Waals surface area contributed by atoms with Gasteiger partial charge < -0.3 is 14.5 Å². The molecular weight excluding hydrogens is 412 g/mol. The Labute approximate surface area is 188 Å². The number of piperidine rings is 1. The largest absolute Gasteiger partial charge is 0.372 e. The number of fused-ring (bicyclic) bond motifs is 1. The van der Waals surface area contributed by atoms with Crippen molar-refractivity contribution in [3.63, 3.8) is 0 Å². The Balaban J connectivity index is 1.50. The third kappa shape index (κ3) is 5.00. The summed E-state index contributed by atoms with van der Waals surface area (Å²) in [5.74, 6) is 1.44. The molecule has 1 unspecified atom stereocenters. The minimum atomic E-state index is 0.0740. The fourth-order valence-corrected chi connectivity index (χ4v) is 4.46. The summed E-state index contributed by atoms with van der Waals surface area (Å²) in [6.07, 6.45) is 4.64. The van der Waals surface area contributed by atoms with Crippen molar-refractivity contribution in [2.75, 3.05) is 45.2 Å². The zero-order valence-electron chi connectivity index (χ0n) is 18.5. The monoisotopic (exact) mass is 442 g/mol. The van der Waals surface area contributed by atoms with Gasteiger partial charge in [0.1, 0.15) is 12.1 Å². The smallest absolute Gasteiger partial charge is 0.160 e. The molecule has 1 saturated heterocycles. The number of aromatic amines is 1. The molecule has 0 amide bonds. The average Bonchev–Trinajstić information content (AvgIpc) is 3.21. The molecule has 1 aliphatic rings. The Morgan fingerprint density at radius 1 is 1.19 bits per heavy atom. The van der Waals surface area contributed by atoms with Gasteiger partial charge >= 0.3 is 0 Å². The minimum Gasteiger partial charge on any atom is -0.372 e. The van der Waals surface area contributed by atoms with Gasteiger partial charge in [-0.2, -0.15) is 5.10 Å². The summed E-state index contributed by atoms with van der Waals surface area (Å²) in [6.45, 7) is 5.60. The lowest BCUT2D eigenvalue weighted by atomic mass is 9.87. The van der Waals surface area contributed by atoms with Crippen LogP contribution in [0, 0.1) is 5.92 Å².